The average molecular weight is 649 g/mol. The van der Waals surface area contributed by atoms with Gasteiger partial charge in [0.25, 0.3) is 0 Å². The molecule has 7 aliphatic rings. The van der Waals surface area contributed by atoms with Crippen LogP contribution in [-0.4, -0.2) is 34.8 Å². The summed E-state index contributed by atoms with van der Waals surface area (Å²) >= 11 is 0. The second-order valence-corrected chi connectivity index (χ2v) is 20.2. The summed E-state index contributed by atoms with van der Waals surface area (Å²) < 4.78 is 6.50. The van der Waals surface area contributed by atoms with E-state index < -0.39 is 11.1 Å². The number of ether oxygens (including phenoxy) is 1. The smallest absolute Gasteiger partial charge is 0.309 e. The highest BCUT2D eigenvalue weighted by Crippen LogP contribution is 2.76. The standard InChI is InChI=1S/C41H64N2O4/c1-23(2)31-27(44)22-41(43-34(46)40(42)18-19-40)20-17-38(9)25(32(31)41)11-12-29-37(8)15-14-30(36(6,7)28(37)13-16-39(29,38)10)47-33(45)26-21-24(3)35(26,4)5/h23-26,28-30H,11-22,42H2,1-10H3,(H,43,46)/t24-,25-,26-,28?,29?,30+,37+,38-,39-,41-/m1/s1. The Kier molecular flexibility index (Phi) is 7.33. The molecule has 0 aromatic carbocycles. The molecule has 0 aromatic rings. The van der Waals surface area contributed by atoms with Crippen LogP contribution in [0.3, 0.4) is 0 Å². The number of rotatable bonds is 5. The molecule has 6 saturated carbocycles. The third-order valence-corrected chi connectivity index (χ3v) is 17.3. The molecule has 47 heavy (non-hydrogen) atoms. The minimum atomic E-state index is -0.757. The largest absolute Gasteiger partial charge is 0.462 e. The van der Waals surface area contributed by atoms with Crippen LogP contribution >= 0.6 is 0 Å². The zero-order valence-corrected chi connectivity index (χ0v) is 31.2. The van der Waals surface area contributed by atoms with Gasteiger partial charge in [0.15, 0.2) is 5.78 Å². The number of ketones is 1. The molecule has 3 N–H and O–H groups in total. The van der Waals surface area contributed by atoms with Crippen LogP contribution in [0.2, 0.25) is 0 Å². The van der Waals surface area contributed by atoms with Crippen molar-refractivity contribution in [2.75, 3.05) is 0 Å². The number of esters is 1. The van der Waals surface area contributed by atoms with Gasteiger partial charge in [-0.2, -0.15) is 0 Å². The molecule has 262 valence electrons. The van der Waals surface area contributed by atoms with Gasteiger partial charge in [0, 0.05) is 11.8 Å². The molecule has 1 amide bonds. The lowest BCUT2D eigenvalue weighted by Crippen LogP contribution is -2.68. The number of fused-ring (bicyclic) bond motifs is 7. The van der Waals surface area contributed by atoms with Gasteiger partial charge < -0.3 is 15.8 Å². The quantitative estimate of drug-likeness (QED) is 0.295. The summed E-state index contributed by atoms with van der Waals surface area (Å²) in [6.45, 7) is 23.5. The zero-order chi connectivity index (χ0) is 34.3. The van der Waals surface area contributed by atoms with E-state index in [1.54, 1.807) is 0 Å². The van der Waals surface area contributed by atoms with Crippen molar-refractivity contribution < 1.29 is 19.1 Å². The zero-order valence-electron chi connectivity index (χ0n) is 31.2. The highest BCUT2D eigenvalue weighted by molar-refractivity contribution is 6.03. The Morgan fingerprint density at radius 3 is 2.11 bits per heavy atom. The van der Waals surface area contributed by atoms with Gasteiger partial charge in [-0.15, -0.1) is 0 Å². The van der Waals surface area contributed by atoms with Crippen molar-refractivity contribution in [2.24, 2.45) is 68.3 Å². The Morgan fingerprint density at radius 2 is 1.51 bits per heavy atom. The maximum Gasteiger partial charge on any atom is 0.309 e. The van der Waals surface area contributed by atoms with Gasteiger partial charge in [0.2, 0.25) is 5.91 Å². The number of allylic oxidation sites excluding steroid dienone is 1. The van der Waals surface area contributed by atoms with E-state index in [1.807, 2.05) is 0 Å². The Hall–Kier alpha value is -1.69. The van der Waals surface area contributed by atoms with Crippen LogP contribution in [0, 0.1) is 62.6 Å². The second kappa shape index (κ2) is 10.2. The molecule has 0 spiro atoms. The molecular formula is C41H64N2O4. The van der Waals surface area contributed by atoms with E-state index in [-0.39, 0.29) is 68.6 Å². The molecule has 6 nitrogen and oxygen atoms in total. The van der Waals surface area contributed by atoms with E-state index in [9.17, 15) is 14.4 Å². The van der Waals surface area contributed by atoms with E-state index >= 15 is 0 Å². The average Bonchev–Trinajstić information content (AvgIpc) is 3.66. The van der Waals surface area contributed by atoms with Gasteiger partial charge >= 0.3 is 5.97 Å². The Bertz CT molecular complexity index is 1420. The highest BCUT2D eigenvalue weighted by Gasteiger charge is 2.71. The maximum absolute atomic E-state index is 13.8. The molecule has 0 aliphatic heterocycles. The Balaban J connectivity index is 1.18. The van der Waals surface area contributed by atoms with Crippen LogP contribution in [0.25, 0.3) is 0 Å². The third kappa shape index (κ3) is 4.40. The Morgan fingerprint density at radius 1 is 0.830 bits per heavy atom. The number of nitrogens with one attached hydrogen (secondary N) is 1. The number of hydrogen-bond donors (Lipinski definition) is 2. The molecule has 6 fully saturated rings. The Labute approximate surface area is 284 Å². The van der Waals surface area contributed by atoms with Gasteiger partial charge in [-0.05, 0) is 133 Å². The molecule has 10 atom stereocenters. The number of carbonyl (C=O) groups excluding carboxylic acids is 3. The van der Waals surface area contributed by atoms with E-state index in [0.717, 1.165) is 76.2 Å². The SMILES string of the molecule is CC(C)C1=C2[C@H]3CCC4[C@@]5(C)CC[C@H](OC(=O)[C@H]6C[C@@H](C)C6(C)C)C(C)(C)C5CC[C@@]4(C)[C@]3(C)CC[C@@]2(NC(=O)C2(N)CC2)CC1=O. The molecule has 0 heterocycles. The minimum absolute atomic E-state index is 0.0156. The van der Waals surface area contributed by atoms with Crippen LogP contribution < -0.4 is 11.1 Å². The molecule has 0 aromatic heterocycles. The van der Waals surface area contributed by atoms with E-state index in [0.29, 0.717) is 24.2 Å². The van der Waals surface area contributed by atoms with Crippen molar-refractivity contribution in [3.05, 3.63) is 11.1 Å². The topological polar surface area (TPSA) is 98.5 Å². The number of hydrogen-bond acceptors (Lipinski definition) is 5. The summed E-state index contributed by atoms with van der Waals surface area (Å²) in [5.41, 5.74) is 7.62. The summed E-state index contributed by atoms with van der Waals surface area (Å²) in [7, 11) is 0. The number of amides is 1. The first-order chi connectivity index (χ1) is 21.7. The summed E-state index contributed by atoms with van der Waals surface area (Å²) in [6, 6.07) is 0. The molecule has 7 rings (SSSR count). The number of nitrogens with two attached hydrogens (primary N) is 1. The van der Waals surface area contributed by atoms with Crippen LogP contribution in [0.1, 0.15) is 146 Å². The molecule has 0 radical (unpaired) electrons. The molecular weight excluding hydrogens is 584 g/mol. The minimum Gasteiger partial charge on any atom is -0.462 e. The van der Waals surface area contributed by atoms with E-state index in [4.69, 9.17) is 10.5 Å². The predicted octanol–water partition coefficient (Wildman–Crippen LogP) is 7.92. The fourth-order valence-corrected chi connectivity index (χ4v) is 13.4. The van der Waals surface area contributed by atoms with Gasteiger partial charge in [0.05, 0.1) is 17.0 Å². The fraction of sp³-hybridized carbons (Fsp3) is 0.878. The number of carbonyl (C=O) groups is 3. The molecule has 0 saturated heterocycles. The van der Waals surface area contributed by atoms with Crippen molar-refractivity contribution in [3.63, 3.8) is 0 Å². The van der Waals surface area contributed by atoms with Crippen molar-refractivity contribution in [1.82, 2.24) is 5.32 Å². The monoisotopic (exact) mass is 648 g/mol. The first-order valence-corrected chi connectivity index (χ1v) is 19.3. The summed E-state index contributed by atoms with van der Waals surface area (Å²) in [6.07, 6.45) is 11.2. The van der Waals surface area contributed by atoms with E-state index in [2.05, 4.69) is 74.6 Å². The lowest BCUT2D eigenvalue weighted by atomic mass is 9.33. The van der Waals surface area contributed by atoms with Gasteiger partial charge in [-0.1, -0.05) is 69.2 Å². The lowest BCUT2D eigenvalue weighted by Gasteiger charge is -2.72. The fourth-order valence-electron chi connectivity index (χ4n) is 13.4. The van der Waals surface area contributed by atoms with Crippen molar-refractivity contribution >= 4 is 17.7 Å². The lowest BCUT2D eigenvalue weighted by molar-refractivity contribution is -0.235. The second-order valence-electron chi connectivity index (χ2n) is 20.2. The highest BCUT2D eigenvalue weighted by atomic mass is 16.5. The first-order valence-electron chi connectivity index (χ1n) is 19.3. The molecule has 2 unspecified atom stereocenters. The van der Waals surface area contributed by atoms with Crippen LogP contribution in [-0.2, 0) is 19.1 Å². The van der Waals surface area contributed by atoms with E-state index in [1.165, 1.54) is 5.57 Å². The van der Waals surface area contributed by atoms with Crippen molar-refractivity contribution in [1.29, 1.82) is 0 Å². The molecule has 6 heteroatoms. The van der Waals surface area contributed by atoms with Crippen LogP contribution in [0.15, 0.2) is 11.1 Å². The third-order valence-electron chi connectivity index (χ3n) is 17.3. The summed E-state index contributed by atoms with van der Waals surface area (Å²) in [4.78, 5) is 40.9. The maximum atomic E-state index is 13.8. The van der Waals surface area contributed by atoms with Crippen molar-refractivity contribution in [2.45, 2.75) is 163 Å². The number of Topliss-reactive ketones (excluding diaryl/α,β-unsaturated/α-hetero) is 1. The van der Waals surface area contributed by atoms with Gasteiger partial charge in [-0.3, -0.25) is 14.4 Å². The molecule has 0 bridgehead atoms. The van der Waals surface area contributed by atoms with Gasteiger partial charge in [-0.25, -0.2) is 0 Å². The predicted molar refractivity (Wildman–Crippen MR) is 185 cm³/mol. The normalized spacial score (nSPS) is 47.2. The summed E-state index contributed by atoms with van der Waals surface area (Å²) in [5.74, 6) is 2.27. The van der Waals surface area contributed by atoms with Crippen LogP contribution in [0.5, 0.6) is 0 Å². The summed E-state index contributed by atoms with van der Waals surface area (Å²) in [5, 5.41) is 3.47. The van der Waals surface area contributed by atoms with Crippen LogP contribution in [0.4, 0.5) is 0 Å². The first kappa shape index (κ1) is 33.8. The van der Waals surface area contributed by atoms with Crippen molar-refractivity contribution in [3.8, 4) is 0 Å². The molecule has 7 aliphatic carbocycles. The van der Waals surface area contributed by atoms with Gasteiger partial charge in [0.1, 0.15) is 6.10 Å².